The van der Waals surface area contributed by atoms with Gasteiger partial charge >= 0.3 is 6.18 Å². The maximum Gasteiger partial charge on any atom is 0.451 e. The van der Waals surface area contributed by atoms with E-state index in [1.54, 1.807) is 18.2 Å². The number of aromatic nitrogens is 2. The van der Waals surface area contributed by atoms with Crippen molar-refractivity contribution in [2.45, 2.75) is 6.18 Å². The summed E-state index contributed by atoms with van der Waals surface area (Å²) in [4.78, 5) is 9.10. The molecule has 1 fully saturated rings. The molecule has 1 aromatic carbocycles. The molecule has 0 amide bonds. The van der Waals surface area contributed by atoms with Crippen molar-refractivity contribution in [3.63, 3.8) is 0 Å². The standard InChI is InChI=1S/C13H11ClF3N3S/c14-11-9-7-8(20-3-5-21-6-4-20)1-2-10(9)18-12(19-11)13(15,16)17/h1-2,7H,3-6H2. The van der Waals surface area contributed by atoms with E-state index in [1.807, 2.05) is 11.8 Å². The molecule has 1 saturated heterocycles. The van der Waals surface area contributed by atoms with Gasteiger partial charge in [0.15, 0.2) is 0 Å². The van der Waals surface area contributed by atoms with Crippen molar-refractivity contribution in [2.24, 2.45) is 0 Å². The van der Waals surface area contributed by atoms with Gasteiger partial charge in [0.2, 0.25) is 5.82 Å². The molecule has 2 aromatic rings. The number of thioether (sulfide) groups is 1. The lowest BCUT2D eigenvalue weighted by Gasteiger charge is -2.28. The van der Waals surface area contributed by atoms with Gasteiger partial charge in [-0.05, 0) is 18.2 Å². The molecule has 8 heteroatoms. The maximum atomic E-state index is 12.7. The molecule has 21 heavy (non-hydrogen) atoms. The third-order valence-electron chi connectivity index (χ3n) is 3.26. The fourth-order valence-corrected chi connectivity index (χ4v) is 3.36. The first-order chi connectivity index (χ1) is 9.95. The summed E-state index contributed by atoms with van der Waals surface area (Å²) in [6.45, 7) is 1.82. The molecule has 0 aliphatic carbocycles. The first-order valence-electron chi connectivity index (χ1n) is 6.32. The highest BCUT2D eigenvalue weighted by atomic mass is 35.5. The molecule has 1 aliphatic heterocycles. The number of hydrogen-bond donors (Lipinski definition) is 0. The number of anilines is 1. The molecule has 3 nitrogen and oxygen atoms in total. The van der Waals surface area contributed by atoms with Gasteiger partial charge in [0.1, 0.15) is 5.15 Å². The molecular weight excluding hydrogens is 323 g/mol. The number of halogens is 4. The van der Waals surface area contributed by atoms with Crippen LogP contribution in [-0.4, -0.2) is 34.6 Å². The second kappa shape index (κ2) is 5.53. The molecule has 112 valence electrons. The minimum absolute atomic E-state index is 0.166. The second-order valence-corrected chi connectivity index (χ2v) is 6.22. The zero-order valence-electron chi connectivity index (χ0n) is 10.8. The quantitative estimate of drug-likeness (QED) is 0.741. The van der Waals surface area contributed by atoms with E-state index >= 15 is 0 Å². The second-order valence-electron chi connectivity index (χ2n) is 4.64. The van der Waals surface area contributed by atoms with Gasteiger partial charge in [-0.3, -0.25) is 0 Å². The summed E-state index contributed by atoms with van der Waals surface area (Å²) in [5, 5.41) is 0.279. The predicted molar refractivity (Wildman–Crippen MR) is 79.1 cm³/mol. The molecule has 0 saturated carbocycles. The lowest BCUT2D eigenvalue weighted by molar-refractivity contribution is -0.144. The van der Waals surface area contributed by atoms with Crippen molar-refractivity contribution < 1.29 is 13.2 Å². The van der Waals surface area contributed by atoms with E-state index < -0.39 is 12.0 Å². The Labute approximate surface area is 128 Å². The highest BCUT2D eigenvalue weighted by Gasteiger charge is 2.35. The number of fused-ring (bicyclic) bond motifs is 1. The van der Waals surface area contributed by atoms with E-state index in [4.69, 9.17) is 11.6 Å². The summed E-state index contributed by atoms with van der Waals surface area (Å²) in [5.74, 6) is 0.868. The summed E-state index contributed by atoms with van der Waals surface area (Å²) in [6, 6.07) is 5.10. The van der Waals surface area contributed by atoms with E-state index in [-0.39, 0.29) is 10.7 Å². The van der Waals surface area contributed by atoms with Gasteiger partial charge in [0, 0.05) is 35.7 Å². The van der Waals surface area contributed by atoms with Crippen molar-refractivity contribution >= 4 is 40.0 Å². The van der Waals surface area contributed by atoms with E-state index in [0.717, 1.165) is 30.3 Å². The number of rotatable bonds is 1. The molecule has 0 N–H and O–H groups in total. The zero-order valence-corrected chi connectivity index (χ0v) is 12.4. The smallest absolute Gasteiger partial charge is 0.370 e. The van der Waals surface area contributed by atoms with Crippen LogP contribution in [0, 0.1) is 0 Å². The van der Waals surface area contributed by atoms with Gasteiger partial charge in [0.25, 0.3) is 0 Å². The predicted octanol–water partition coefficient (Wildman–Crippen LogP) is 3.86. The highest BCUT2D eigenvalue weighted by molar-refractivity contribution is 7.99. The van der Waals surface area contributed by atoms with E-state index in [0.29, 0.717) is 5.39 Å². The number of alkyl halides is 3. The summed E-state index contributed by atoms with van der Waals surface area (Å²) in [6.07, 6.45) is -4.60. The van der Waals surface area contributed by atoms with Gasteiger partial charge in [-0.2, -0.15) is 24.9 Å². The zero-order chi connectivity index (χ0) is 15.0. The third kappa shape index (κ3) is 3.03. The Kier molecular flexibility index (Phi) is 3.88. The summed E-state index contributed by atoms with van der Waals surface area (Å²) < 4.78 is 38.0. The van der Waals surface area contributed by atoms with E-state index in [9.17, 15) is 13.2 Å². The fourth-order valence-electron chi connectivity index (χ4n) is 2.22. The van der Waals surface area contributed by atoms with E-state index in [1.165, 1.54) is 0 Å². The number of benzene rings is 1. The molecule has 1 aliphatic rings. The van der Waals surface area contributed by atoms with Crippen LogP contribution in [0.25, 0.3) is 10.9 Å². The van der Waals surface area contributed by atoms with Gasteiger partial charge in [-0.25, -0.2) is 9.97 Å². The highest BCUT2D eigenvalue weighted by Crippen LogP contribution is 2.32. The van der Waals surface area contributed by atoms with Crippen molar-refractivity contribution in [3.8, 4) is 0 Å². The van der Waals surface area contributed by atoms with Gasteiger partial charge in [-0.1, -0.05) is 11.6 Å². The molecular formula is C13H11ClF3N3S. The van der Waals surface area contributed by atoms with Crippen LogP contribution in [0.4, 0.5) is 18.9 Å². The Hall–Kier alpha value is -1.21. The van der Waals surface area contributed by atoms with Gasteiger partial charge in [-0.15, -0.1) is 0 Å². The van der Waals surface area contributed by atoms with Gasteiger partial charge < -0.3 is 4.90 Å². The van der Waals surface area contributed by atoms with Crippen LogP contribution in [0.3, 0.4) is 0 Å². The number of hydrogen-bond acceptors (Lipinski definition) is 4. The van der Waals surface area contributed by atoms with Crippen molar-refractivity contribution in [1.82, 2.24) is 9.97 Å². The molecule has 0 spiro atoms. The molecule has 2 heterocycles. The monoisotopic (exact) mass is 333 g/mol. The first kappa shape index (κ1) is 14.7. The Morgan fingerprint density at radius 2 is 1.86 bits per heavy atom. The molecule has 0 atom stereocenters. The van der Waals surface area contributed by atoms with Crippen LogP contribution in [0.15, 0.2) is 18.2 Å². The Balaban J connectivity index is 2.04. The van der Waals surface area contributed by atoms with E-state index in [2.05, 4.69) is 14.9 Å². The molecule has 1 aromatic heterocycles. The van der Waals surface area contributed by atoms with Crippen molar-refractivity contribution in [3.05, 3.63) is 29.2 Å². The fraction of sp³-hybridized carbons (Fsp3) is 0.385. The summed E-state index contributed by atoms with van der Waals surface area (Å²) in [7, 11) is 0. The topological polar surface area (TPSA) is 29.0 Å². The lowest BCUT2D eigenvalue weighted by Crippen LogP contribution is -2.32. The summed E-state index contributed by atoms with van der Waals surface area (Å²) >= 11 is 7.79. The van der Waals surface area contributed by atoms with Crippen molar-refractivity contribution in [2.75, 3.05) is 29.5 Å². The largest absolute Gasteiger partial charge is 0.451 e. The number of nitrogens with zero attached hydrogens (tertiary/aromatic N) is 3. The maximum absolute atomic E-state index is 12.7. The van der Waals surface area contributed by atoms with Crippen LogP contribution in [0.1, 0.15) is 5.82 Å². The average Bonchev–Trinajstić information content (AvgIpc) is 2.47. The Bertz CT molecular complexity index is 671. The Morgan fingerprint density at radius 1 is 1.14 bits per heavy atom. The molecule has 0 radical (unpaired) electrons. The normalized spacial score (nSPS) is 16.5. The SMILES string of the molecule is FC(F)(F)c1nc(Cl)c2cc(N3CCSCC3)ccc2n1. The van der Waals surface area contributed by atoms with Crippen molar-refractivity contribution in [1.29, 1.82) is 0 Å². The van der Waals surface area contributed by atoms with Crippen LogP contribution in [-0.2, 0) is 6.18 Å². The minimum Gasteiger partial charge on any atom is -0.370 e. The van der Waals surface area contributed by atoms with Gasteiger partial charge in [0.05, 0.1) is 5.52 Å². The minimum atomic E-state index is -4.60. The third-order valence-corrected chi connectivity index (χ3v) is 4.49. The lowest BCUT2D eigenvalue weighted by atomic mass is 10.2. The Morgan fingerprint density at radius 3 is 2.52 bits per heavy atom. The van der Waals surface area contributed by atoms with Crippen LogP contribution >= 0.6 is 23.4 Å². The molecule has 3 rings (SSSR count). The van der Waals surface area contributed by atoms with Crippen LogP contribution in [0.2, 0.25) is 5.15 Å². The summed E-state index contributed by atoms with van der Waals surface area (Å²) in [5.41, 5.74) is 1.14. The van der Waals surface area contributed by atoms with Crippen LogP contribution in [0.5, 0.6) is 0 Å². The molecule has 0 bridgehead atoms. The molecule has 0 unspecified atom stereocenters. The first-order valence-corrected chi connectivity index (χ1v) is 7.85. The van der Waals surface area contributed by atoms with Crippen LogP contribution < -0.4 is 4.90 Å². The average molecular weight is 334 g/mol.